The van der Waals surface area contributed by atoms with Gasteiger partial charge in [0.1, 0.15) is 0 Å². The van der Waals surface area contributed by atoms with Gasteiger partial charge in [-0.05, 0) is 31.6 Å². The van der Waals surface area contributed by atoms with Gasteiger partial charge in [0.05, 0.1) is 12.7 Å². The van der Waals surface area contributed by atoms with Crippen molar-refractivity contribution in [3.8, 4) is 0 Å². The zero-order valence-electron chi connectivity index (χ0n) is 13.1. The van der Waals surface area contributed by atoms with Crippen LogP contribution in [0.2, 0.25) is 0 Å². The lowest BCUT2D eigenvalue weighted by atomic mass is 9.94. The van der Waals surface area contributed by atoms with Crippen molar-refractivity contribution in [1.29, 1.82) is 0 Å². The van der Waals surface area contributed by atoms with Gasteiger partial charge >= 0.3 is 0 Å². The van der Waals surface area contributed by atoms with E-state index in [2.05, 4.69) is 36.6 Å². The molecule has 2 heterocycles. The molecular formula is C17H25N5. The van der Waals surface area contributed by atoms with Gasteiger partial charge in [0.25, 0.3) is 0 Å². The Kier molecular flexibility index (Phi) is 5.42. The molecule has 0 fully saturated rings. The van der Waals surface area contributed by atoms with Crippen molar-refractivity contribution in [3.05, 3.63) is 49.1 Å². The number of rotatable bonds is 8. The van der Waals surface area contributed by atoms with E-state index in [4.69, 9.17) is 0 Å². The van der Waals surface area contributed by atoms with Gasteiger partial charge in [-0.2, -0.15) is 0 Å². The Morgan fingerprint density at radius 1 is 1.32 bits per heavy atom. The van der Waals surface area contributed by atoms with Gasteiger partial charge in [-0.25, -0.2) is 9.97 Å². The largest absolute Gasteiger partial charge is 0.347 e. The van der Waals surface area contributed by atoms with E-state index in [0.717, 1.165) is 32.0 Å². The molecule has 22 heavy (non-hydrogen) atoms. The van der Waals surface area contributed by atoms with Crippen LogP contribution < -0.4 is 0 Å². The van der Waals surface area contributed by atoms with E-state index in [1.165, 1.54) is 31.5 Å². The van der Waals surface area contributed by atoms with Crippen LogP contribution in [0.4, 0.5) is 0 Å². The minimum Gasteiger partial charge on any atom is -0.347 e. The van der Waals surface area contributed by atoms with Gasteiger partial charge in [0, 0.05) is 50.5 Å². The molecule has 1 atom stereocenters. The summed E-state index contributed by atoms with van der Waals surface area (Å²) in [5.74, 6) is 0.793. The number of hydrogen-bond donors (Lipinski definition) is 1. The van der Waals surface area contributed by atoms with Crippen molar-refractivity contribution in [2.75, 3.05) is 13.1 Å². The topological polar surface area (TPSA) is 49.7 Å². The first kappa shape index (κ1) is 15.0. The van der Waals surface area contributed by atoms with Gasteiger partial charge < -0.3 is 9.55 Å². The summed E-state index contributed by atoms with van der Waals surface area (Å²) in [6, 6.07) is 0. The third-order valence-corrected chi connectivity index (χ3v) is 4.29. The van der Waals surface area contributed by atoms with Crippen LogP contribution in [0.5, 0.6) is 0 Å². The maximum absolute atomic E-state index is 4.14. The maximum Gasteiger partial charge on any atom is 0.0945 e. The van der Waals surface area contributed by atoms with Gasteiger partial charge in [0.2, 0.25) is 0 Å². The van der Waals surface area contributed by atoms with Crippen molar-refractivity contribution >= 4 is 0 Å². The van der Waals surface area contributed by atoms with Crippen LogP contribution in [0.25, 0.3) is 0 Å². The van der Waals surface area contributed by atoms with Crippen LogP contribution >= 0.6 is 0 Å². The molecule has 5 heteroatoms. The normalized spacial score (nSPS) is 18.1. The van der Waals surface area contributed by atoms with Crippen molar-refractivity contribution in [1.82, 2.24) is 24.4 Å². The number of hydrogen-bond acceptors (Lipinski definition) is 3. The second-order valence-electron chi connectivity index (χ2n) is 6.12. The second-order valence-corrected chi connectivity index (χ2v) is 6.12. The van der Waals surface area contributed by atoms with Gasteiger partial charge in [0.15, 0.2) is 0 Å². The quantitative estimate of drug-likeness (QED) is 0.763. The summed E-state index contributed by atoms with van der Waals surface area (Å²) in [5.41, 5.74) is 1.20. The monoisotopic (exact) mass is 299 g/mol. The van der Waals surface area contributed by atoms with E-state index in [1.807, 2.05) is 24.9 Å². The highest BCUT2D eigenvalue weighted by Crippen LogP contribution is 2.20. The van der Waals surface area contributed by atoms with E-state index in [1.54, 1.807) is 6.33 Å². The molecule has 0 radical (unpaired) electrons. The molecule has 1 aliphatic carbocycles. The Bertz CT molecular complexity index is 544. The molecule has 2 aromatic rings. The molecule has 0 amide bonds. The fourth-order valence-corrected chi connectivity index (χ4v) is 3.13. The second kappa shape index (κ2) is 7.94. The standard InChI is InChI=1S/C17H25N5/c1-2-5-16(6-3-1)12-22(13-17-11-19-14-20-17)9-4-8-21-10-7-18-15-21/h1-2,7,10-11,14-16H,3-6,8-9,12-13H2,(H,19,20). The zero-order chi connectivity index (χ0) is 15.0. The Hall–Kier alpha value is -1.88. The van der Waals surface area contributed by atoms with Crippen LogP contribution in [0.1, 0.15) is 31.4 Å². The highest BCUT2D eigenvalue weighted by molar-refractivity contribution is 4.95. The van der Waals surface area contributed by atoms with E-state index in [0.29, 0.717) is 0 Å². The summed E-state index contributed by atoms with van der Waals surface area (Å²) in [4.78, 5) is 14.0. The smallest absolute Gasteiger partial charge is 0.0945 e. The number of nitrogens with one attached hydrogen (secondary N) is 1. The van der Waals surface area contributed by atoms with E-state index >= 15 is 0 Å². The Morgan fingerprint density at radius 2 is 2.32 bits per heavy atom. The van der Waals surface area contributed by atoms with Crippen LogP contribution in [0.3, 0.4) is 0 Å². The van der Waals surface area contributed by atoms with Crippen molar-refractivity contribution < 1.29 is 0 Å². The molecule has 3 rings (SSSR count). The van der Waals surface area contributed by atoms with Crippen LogP contribution in [0, 0.1) is 5.92 Å². The fraction of sp³-hybridized carbons (Fsp3) is 0.529. The molecule has 0 aliphatic heterocycles. The average molecular weight is 299 g/mol. The Morgan fingerprint density at radius 3 is 3.05 bits per heavy atom. The van der Waals surface area contributed by atoms with Crippen LogP contribution in [0.15, 0.2) is 43.4 Å². The lowest BCUT2D eigenvalue weighted by Gasteiger charge is -2.28. The van der Waals surface area contributed by atoms with Gasteiger partial charge in [-0.15, -0.1) is 0 Å². The molecule has 5 nitrogen and oxygen atoms in total. The fourth-order valence-electron chi connectivity index (χ4n) is 3.13. The van der Waals surface area contributed by atoms with Crippen LogP contribution in [-0.4, -0.2) is 37.5 Å². The summed E-state index contributed by atoms with van der Waals surface area (Å²) in [6.45, 7) is 4.28. The molecule has 1 unspecified atom stereocenters. The molecular weight excluding hydrogens is 274 g/mol. The maximum atomic E-state index is 4.14. The van der Waals surface area contributed by atoms with Crippen molar-refractivity contribution in [2.24, 2.45) is 5.92 Å². The third kappa shape index (κ3) is 4.56. The van der Waals surface area contributed by atoms with Crippen LogP contribution in [-0.2, 0) is 13.1 Å². The highest BCUT2D eigenvalue weighted by atomic mass is 15.1. The number of aromatic nitrogens is 4. The molecule has 1 N–H and O–H groups in total. The van der Waals surface area contributed by atoms with E-state index in [-0.39, 0.29) is 0 Å². The number of aryl methyl sites for hydroxylation is 1. The number of imidazole rings is 2. The molecule has 1 aliphatic rings. The zero-order valence-corrected chi connectivity index (χ0v) is 13.1. The van der Waals surface area contributed by atoms with Gasteiger partial charge in [-0.3, -0.25) is 4.90 Å². The molecule has 2 aromatic heterocycles. The Balaban J connectivity index is 1.51. The minimum absolute atomic E-state index is 0.793. The number of allylic oxidation sites excluding steroid dienone is 2. The third-order valence-electron chi connectivity index (χ3n) is 4.29. The SMILES string of the molecule is C1=CCC(CN(CCCn2ccnc2)Cc2cnc[nH]2)CC1. The molecule has 0 spiro atoms. The first-order chi connectivity index (χ1) is 10.9. The first-order valence-electron chi connectivity index (χ1n) is 8.20. The van der Waals surface area contributed by atoms with Gasteiger partial charge in [-0.1, -0.05) is 12.2 Å². The summed E-state index contributed by atoms with van der Waals surface area (Å²) < 4.78 is 2.15. The summed E-state index contributed by atoms with van der Waals surface area (Å²) in [6.07, 6.45) is 19.0. The van der Waals surface area contributed by atoms with E-state index in [9.17, 15) is 0 Å². The predicted octanol–water partition coefficient (Wildman–Crippen LogP) is 2.85. The lowest BCUT2D eigenvalue weighted by Crippen LogP contribution is -2.31. The molecule has 0 saturated carbocycles. The summed E-state index contributed by atoms with van der Waals surface area (Å²) >= 11 is 0. The first-order valence-corrected chi connectivity index (χ1v) is 8.20. The average Bonchev–Trinajstić information content (AvgIpc) is 3.22. The molecule has 118 valence electrons. The molecule has 0 bridgehead atoms. The lowest BCUT2D eigenvalue weighted by molar-refractivity contribution is 0.207. The number of aromatic amines is 1. The number of nitrogens with zero attached hydrogens (tertiary/aromatic N) is 4. The predicted molar refractivity (Wildman–Crippen MR) is 87.2 cm³/mol. The highest BCUT2D eigenvalue weighted by Gasteiger charge is 2.15. The number of H-pyrrole nitrogens is 1. The van der Waals surface area contributed by atoms with Crippen molar-refractivity contribution in [3.63, 3.8) is 0 Å². The minimum atomic E-state index is 0.793. The summed E-state index contributed by atoms with van der Waals surface area (Å²) in [7, 11) is 0. The molecule has 0 saturated heterocycles. The van der Waals surface area contributed by atoms with E-state index < -0.39 is 0 Å². The Labute approximate surface area is 132 Å². The molecule has 0 aromatic carbocycles. The van der Waals surface area contributed by atoms with Crippen molar-refractivity contribution in [2.45, 2.75) is 38.8 Å². The summed E-state index contributed by atoms with van der Waals surface area (Å²) in [5, 5.41) is 0.